The molecule has 25 heavy (non-hydrogen) atoms. The van der Waals surface area contributed by atoms with E-state index in [0.717, 1.165) is 24.2 Å². The zero-order chi connectivity index (χ0) is 18.5. The van der Waals surface area contributed by atoms with Crippen LogP contribution in [0.4, 0.5) is 0 Å². The third-order valence-corrected chi connectivity index (χ3v) is 5.13. The van der Waals surface area contributed by atoms with E-state index in [1.807, 2.05) is 43.3 Å². The average molecular weight is 367 g/mol. The second-order valence-electron chi connectivity index (χ2n) is 5.90. The van der Waals surface area contributed by atoms with Crippen LogP contribution in [0.25, 0.3) is 0 Å². The van der Waals surface area contributed by atoms with Crippen LogP contribution in [0.2, 0.25) is 0 Å². The third-order valence-electron chi connectivity index (χ3n) is 3.79. The minimum atomic E-state index is -0.712. The van der Waals surface area contributed by atoms with Crippen LogP contribution in [0.3, 0.4) is 0 Å². The fourth-order valence-corrected chi connectivity index (χ4v) is 3.32. The summed E-state index contributed by atoms with van der Waals surface area (Å²) in [6.07, 6.45) is 6.47. The molecule has 0 unspecified atom stereocenters. The fraction of sp³-hybridized carbons (Fsp3) is 0.550. The van der Waals surface area contributed by atoms with E-state index in [-0.39, 0.29) is 18.9 Å². The van der Waals surface area contributed by atoms with Gasteiger partial charge in [0.1, 0.15) is 11.4 Å². The Morgan fingerprint density at radius 2 is 1.92 bits per heavy atom. The normalized spacial score (nSPS) is 14.0. The van der Waals surface area contributed by atoms with Crippen molar-refractivity contribution in [2.75, 3.05) is 20.0 Å². The molecule has 0 fully saturated rings. The van der Waals surface area contributed by atoms with Crippen LogP contribution in [-0.2, 0) is 25.6 Å². The molecule has 1 atom stereocenters. The number of methoxy groups -OCH3 is 2. The largest absolute Gasteiger partial charge is 0.460 e. The average Bonchev–Trinajstić information content (AvgIpc) is 2.64. The lowest BCUT2D eigenvalue weighted by atomic mass is 10.1. The van der Waals surface area contributed by atoms with Gasteiger partial charge in [-0.3, -0.25) is 4.79 Å². The zero-order valence-corrected chi connectivity index (χ0v) is 16.5. The molecule has 0 radical (unpaired) electrons. The van der Waals surface area contributed by atoms with Crippen molar-refractivity contribution in [2.24, 2.45) is 0 Å². The van der Waals surface area contributed by atoms with Crippen LogP contribution < -0.4 is 0 Å². The van der Waals surface area contributed by atoms with E-state index >= 15 is 0 Å². The van der Waals surface area contributed by atoms with Crippen molar-refractivity contribution in [3.8, 4) is 0 Å². The number of carbonyl (C=O) groups is 1. The number of esters is 1. The molecule has 0 aliphatic carbocycles. The van der Waals surface area contributed by atoms with Gasteiger partial charge in [0.25, 0.3) is 0 Å². The Hall–Kier alpha value is -1.30. The van der Waals surface area contributed by atoms with Crippen LogP contribution in [0.1, 0.15) is 38.7 Å². The summed E-state index contributed by atoms with van der Waals surface area (Å²) >= 11 is 1.56. The van der Waals surface area contributed by atoms with Gasteiger partial charge in [-0.1, -0.05) is 55.8 Å². The van der Waals surface area contributed by atoms with Gasteiger partial charge in [0.2, 0.25) is 0 Å². The van der Waals surface area contributed by atoms with Crippen molar-refractivity contribution in [2.45, 2.75) is 50.8 Å². The first-order valence-electron chi connectivity index (χ1n) is 8.64. The minimum absolute atomic E-state index is 0.222. The second kappa shape index (κ2) is 12.1. The van der Waals surface area contributed by atoms with Gasteiger partial charge >= 0.3 is 5.97 Å². The highest BCUT2D eigenvalue weighted by atomic mass is 32.2. The lowest BCUT2D eigenvalue weighted by molar-refractivity contribution is -0.146. The molecule has 4 nitrogen and oxygen atoms in total. The number of carbonyl (C=O) groups excluding carboxylic acids is 1. The first kappa shape index (κ1) is 21.7. The molecule has 1 aromatic rings. The number of allylic oxidation sites excluding steroid dienone is 1. The van der Waals surface area contributed by atoms with Gasteiger partial charge < -0.3 is 14.2 Å². The maximum Gasteiger partial charge on any atom is 0.326 e. The van der Waals surface area contributed by atoms with E-state index in [1.54, 1.807) is 26.0 Å². The Labute approximate surface area is 155 Å². The van der Waals surface area contributed by atoms with Crippen molar-refractivity contribution in [1.82, 2.24) is 0 Å². The summed E-state index contributed by atoms with van der Waals surface area (Å²) in [7, 11) is 3.24. The number of unbranched alkanes of at least 4 members (excludes halogenated alkanes) is 1. The molecule has 1 rings (SSSR count). The molecule has 0 amide bonds. The molecule has 0 aliphatic rings. The summed E-state index contributed by atoms with van der Waals surface area (Å²) < 4.78 is 15.3. The van der Waals surface area contributed by atoms with Gasteiger partial charge in [-0.2, -0.15) is 0 Å². The van der Waals surface area contributed by atoms with E-state index in [9.17, 15) is 4.79 Å². The van der Waals surface area contributed by atoms with Crippen molar-refractivity contribution in [3.05, 3.63) is 48.0 Å². The maximum absolute atomic E-state index is 12.7. The van der Waals surface area contributed by atoms with Crippen molar-refractivity contribution in [3.63, 3.8) is 0 Å². The highest BCUT2D eigenvalue weighted by molar-refractivity contribution is 8.01. The summed E-state index contributed by atoms with van der Waals surface area (Å²) in [5, 5.41) is 0. The zero-order valence-electron chi connectivity index (χ0n) is 15.7. The number of ether oxygens (including phenoxy) is 3. The predicted octanol–water partition coefficient (Wildman–Crippen LogP) is 4.59. The summed E-state index contributed by atoms with van der Waals surface area (Å²) in [4.78, 5) is 12.7. The van der Waals surface area contributed by atoms with Crippen molar-refractivity contribution in [1.29, 1.82) is 0 Å². The van der Waals surface area contributed by atoms with Crippen molar-refractivity contribution < 1.29 is 19.0 Å². The van der Waals surface area contributed by atoms with E-state index in [4.69, 9.17) is 14.2 Å². The molecule has 0 saturated carbocycles. The molecular weight excluding hydrogens is 336 g/mol. The number of hydrogen-bond acceptors (Lipinski definition) is 5. The standard InChI is InChI=1S/C20H30O4S/c1-5-6-10-14-20(2,25-15-13-18(22-3)23-4)19(21)24-16-17-11-8-7-9-12-17/h7-12,14,18H,5-6,13,15-16H2,1-4H3/b14-10+/t20-/m0/s1. The Morgan fingerprint density at radius 3 is 2.52 bits per heavy atom. The van der Waals surface area contributed by atoms with Crippen molar-refractivity contribution >= 4 is 17.7 Å². The Kier molecular flexibility index (Phi) is 10.5. The quantitative estimate of drug-likeness (QED) is 0.308. The molecule has 0 N–H and O–H groups in total. The van der Waals surface area contributed by atoms with Gasteiger partial charge in [0, 0.05) is 20.6 Å². The summed E-state index contributed by atoms with van der Waals surface area (Å²) in [6.45, 7) is 4.31. The second-order valence-corrected chi connectivity index (χ2v) is 7.44. The molecule has 0 bridgehead atoms. The Bertz CT molecular complexity index is 514. The SMILES string of the molecule is CCC/C=C/[C@](C)(SCCC(OC)OC)C(=O)OCc1ccccc1. The van der Waals surface area contributed by atoms with Crippen LogP contribution in [0, 0.1) is 0 Å². The van der Waals surface area contributed by atoms with E-state index in [0.29, 0.717) is 6.42 Å². The summed E-state index contributed by atoms with van der Waals surface area (Å²) in [5.41, 5.74) is 0.986. The number of benzene rings is 1. The highest BCUT2D eigenvalue weighted by Crippen LogP contribution is 2.30. The molecule has 0 heterocycles. The lowest BCUT2D eigenvalue weighted by Crippen LogP contribution is -2.32. The van der Waals surface area contributed by atoms with Gasteiger partial charge in [-0.05, 0) is 24.7 Å². The van der Waals surface area contributed by atoms with Crippen LogP contribution >= 0.6 is 11.8 Å². The Balaban J connectivity index is 2.67. The molecule has 1 aromatic carbocycles. The lowest BCUT2D eigenvalue weighted by Gasteiger charge is -2.24. The Morgan fingerprint density at radius 1 is 1.24 bits per heavy atom. The molecule has 0 aliphatic heterocycles. The first-order valence-corrected chi connectivity index (χ1v) is 9.62. The number of hydrogen-bond donors (Lipinski definition) is 0. The third kappa shape index (κ3) is 8.08. The van der Waals surface area contributed by atoms with E-state index < -0.39 is 4.75 Å². The van der Waals surface area contributed by atoms with Gasteiger partial charge in [0.15, 0.2) is 6.29 Å². The maximum atomic E-state index is 12.7. The molecule has 140 valence electrons. The highest BCUT2D eigenvalue weighted by Gasteiger charge is 2.33. The smallest absolute Gasteiger partial charge is 0.326 e. The summed E-state index contributed by atoms with van der Waals surface area (Å²) in [5.74, 6) is 0.514. The van der Waals surface area contributed by atoms with E-state index in [2.05, 4.69) is 13.0 Å². The predicted molar refractivity (Wildman–Crippen MR) is 104 cm³/mol. The van der Waals surface area contributed by atoms with Crippen LogP contribution in [0.15, 0.2) is 42.5 Å². The van der Waals surface area contributed by atoms with Gasteiger partial charge in [-0.15, -0.1) is 11.8 Å². The fourth-order valence-electron chi connectivity index (χ4n) is 2.22. The molecule has 0 aromatic heterocycles. The van der Waals surface area contributed by atoms with Crippen LogP contribution in [-0.4, -0.2) is 37.0 Å². The summed E-state index contributed by atoms with van der Waals surface area (Å²) in [6, 6.07) is 9.72. The van der Waals surface area contributed by atoms with Gasteiger partial charge in [0.05, 0.1) is 0 Å². The molecular formula is C20H30O4S. The monoisotopic (exact) mass is 366 g/mol. The molecule has 0 spiro atoms. The molecule has 5 heteroatoms. The van der Waals surface area contributed by atoms with Gasteiger partial charge in [-0.25, -0.2) is 0 Å². The minimum Gasteiger partial charge on any atom is -0.460 e. The number of rotatable bonds is 12. The van der Waals surface area contributed by atoms with Crippen LogP contribution in [0.5, 0.6) is 0 Å². The topological polar surface area (TPSA) is 44.8 Å². The molecule has 0 saturated heterocycles. The first-order chi connectivity index (χ1) is 12.1. The van der Waals surface area contributed by atoms with E-state index in [1.165, 1.54) is 0 Å². The number of thioether (sulfide) groups is 1.